The molecule has 1 aliphatic carbocycles. The number of ether oxygens (including phenoxy) is 1. The normalized spacial score (nSPS) is 25.1. The molecule has 7 nitrogen and oxygen atoms in total. The highest BCUT2D eigenvalue weighted by atomic mass is 79.9. The van der Waals surface area contributed by atoms with Crippen LogP contribution in [0, 0.1) is 0 Å². The first-order valence-electron chi connectivity index (χ1n) is 7.15. The second kappa shape index (κ2) is 5.85. The van der Waals surface area contributed by atoms with Crippen LogP contribution < -0.4 is 10.5 Å². The SMILES string of the molecule is C[C@]1(O)CC[C@@H](n2cc(Oc3nc(Br)cnc3N)cn2)CC1. The Balaban J connectivity index is 1.70. The first kappa shape index (κ1) is 15.2. The molecule has 1 saturated carbocycles. The molecule has 0 unspecified atom stereocenters. The van der Waals surface area contributed by atoms with Gasteiger partial charge in [0, 0.05) is 0 Å². The van der Waals surface area contributed by atoms with Gasteiger partial charge in [-0.3, -0.25) is 4.68 Å². The van der Waals surface area contributed by atoms with Crippen molar-refractivity contribution in [3.8, 4) is 11.6 Å². The summed E-state index contributed by atoms with van der Waals surface area (Å²) < 4.78 is 8.08. The number of rotatable bonds is 3. The molecule has 22 heavy (non-hydrogen) atoms. The first-order valence-corrected chi connectivity index (χ1v) is 7.95. The molecule has 118 valence electrons. The Morgan fingerprint density at radius 2 is 2.14 bits per heavy atom. The number of halogens is 1. The van der Waals surface area contributed by atoms with Crippen molar-refractivity contribution in [3.05, 3.63) is 23.2 Å². The predicted octanol–water partition coefficient (Wildman–Crippen LogP) is 2.68. The van der Waals surface area contributed by atoms with Gasteiger partial charge in [-0.2, -0.15) is 5.10 Å². The van der Waals surface area contributed by atoms with Crippen LogP contribution in [0.1, 0.15) is 38.6 Å². The van der Waals surface area contributed by atoms with Crippen LogP contribution in [-0.2, 0) is 0 Å². The average Bonchev–Trinajstić information content (AvgIpc) is 2.91. The van der Waals surface area contributed by atoms with Crippen LogP contribution in [0.3, 0.4) is 0 Å². The van der Waals surface area contributed by atoms with Gasteiger partial charge in [0.05, 0.1) is 30.2 Å². The van der Waals surface area contributed by atoms with Crippen molar-refractivity contribution in [2.24, 2.45) is 0 Å². The minimum absolute atomic E-state index is 0.227. The van der Waals surface area contributed by atoms with Crippen LogP contribution in [-0.4, -0.2) is 30.5 Å². The van der Waals surface area contributed by atoms with E-state index in [1.165, 1.54) is 6.20 Å². The maximum Gasteiger partial charge on any atom is 0.263 e. The second-order valence-electron chi connectivity index (χ2n) is 5.87. The minimum Gasteiger partial charge on any atom is -0.433 e. The number of nitrogens with two attached hydrogens (primary N) is 1. The van der Waals surface area contributed by atoms with Crippen LogP contribution >= 0.6 is 15.9 Å². The Kier molecular flexibility index (Phi) is 4.05. The van der Waals surface area contributed by atoms with Gasteiger partial charge in [-0.05, 0) is 48.5 Å². The number of hydrogen-bond donors (Lipinski definition) is 2. The summed E-state index contributed by atoms with van der Waals surface area (Å²) in [5.74, 6) is 1.04. The fourth-order valence-corrected chi connectivity index (χ4v) is 2.87. The molecule has 0 amide bonds. The monoisotopic (exact) mass is 367 g/mol. The second-order valence-corrected chi connectivity index (χ2v) is 6.68. The molecule has 0 aliphatic heterocycles. The molecular weight excluding hydrogens is 350 g/mol. The molecule has 0 radical (unpaired) electrons. The first-order chi connectivity index (χ1) is 10.4. The van der Waals surface area contributed by atoms with Crippen molar-refractivity contribution in [3.63, 3.8) is 0 Å². The Hall–Kier alpha value is -1.67. The van der Waals surface area contributed by atoms with Crippen LogP contribution in [0.15, 0.2) is 23.2 Å². The summed E-state index contributed by atoms with van der Waals surface area (Å²) in [6.45, 7) is 1.88. The summed E-state index contributed by atoms with van der Waals surface area (Å²) in [5.41, 5.74) is 5.19. The van der Waals surface area contributed by atoms with E-state index in [9.17, 15) is 5.11 Å². The van der Waals surface area contributed by atoms with Gasteiger partial charge in [0.2, 0.25) is 0 Å². The zero-order valence-corrected chi connectivity index (χ0v) is 13.8. The molecule has 2 aromatic heterocycles. The highest BCUT2D eigenvalue weighted by Crippen LogP contribution is 2.35. The van der Waals surface area contributed by atoms with E-state index in [1.807, 2.05) is 17.8 Å². The largest absolute Gasteiger partial charge is 0.433 e. The third-order valence-corrected chi connectivity index (χ3v) is 4.32. The van der Waals surface area contributed by atoms with E-state index in [-0.39, 0.29) is 17.7 Å². The Morgan fingerprint density at radius 3 is 2.86 bits per heavy atom. The van der Waals surface area contributed by atoms with E-state index in [2.05, 4.69) is 31.0 Å². The van der Waals surface area contributed by atoms with Crippen LogP contribution in [0.5, 0.6) is 11.6 Å². The predicted molar refractivity (Wildman–Crippen MR) is 84.6 cm³/mol. The molecular formula is C14H18BrN5O2. The number of hydrogen-bond acceptors (Lipinski definition) is 6. The zero-order chi connectivity index (χ0) is 15.7. The molecule has 2 heterocycles. The number of nitrogens with zero attached hydrogens (tertiary/aromatic N) is 4. The summed E-state index contributed by atoms with van der Waals surface area (Å²) in [5, 5.41) is 14.4. The van der Waals surface area contributed by atoms with E-state index in [4.69, 9.17) is 10.5 Å². The van der Waals surface area contributed by atoms with Crippen molar-refractivity contribution in [1.29, 1.82) is 0 Å². The highest BCUT2D eigenvalue weighted by Gasteiger charge is 2.29. The molecule has 0 spiro atoms. The third-order valence-electron chi connectivity index (χ3n) is 3.94. The number of aliphatic hydroxyl groups is 1. The summed E-state index contributed by atoms with van der Waals surface area (Å²) >= 11 is 3.23. The van der Waals surface area contributed by atoms with Crippen LogP contribution in [0.4, 0.5) is 5.82 Å². The molecule has 3 rings (SSSR count). The van der Waals surface area contributed by atoms with E-state index >= 15 is 0 Å². The van der Waals surface area contributed by atoms with Crippen LogP contribution in [0.25, 0.3) is 0 Å². The average molecular weight is 368 g/mol. The quantitative estimate of drug-likeness (QED) is 0.864. The molecule has 0 atom stereocenters. The lowest BCUT2D eigenvalue weighted by Gasteiger charge is -2.32. The topological polar surface area (TPSA) is 99.1 Å². The summed E-state index contributed by atoms with van der Waals surface area (Å²) in [7, 11) is 0. The molecule has 2 aromatic rings. The van der Waals surface area contributed by atoms with E-state index in [1.54, 1.807) is 6.20 Å². The fraction of sp³-hybridized carbons (Fsp3) is 0.500. The molecule has 3 N–H and O–H groups in total. The standard InChI is InChI=1S/C14H18BrN5O2/c1-14(21)4-2-9(3-5-14)20-8-10(6-18-20)22-13-12(16)17-7-11(15)19-13/h6-9,21H,2-5H2,1H3,(H2,16,17)/t9-,14+. The van der Waals surface area contributed by atoms with Gasteiger partial charge in [0.1, 0.15) is 4.60 Å². The molecule has 1 fully saturated rings. The smallest absolute Gasteiger partial charge is 0.263 e. The molecule has 0 saturated heterocycles. The highest BCUT2D eigenvalue weighted by molar-refractivity contribution is 9.10. The van der Waals surface area contributed by atoms with Crippen LogP contribution in [0.2, 0.25) is 0 Å². The Bertz CT molecular complexity index is 663. The van der Waals surface area contributed by atoms with Gasteiger partial charge in [0.15, 0.2) is 11.6 Å². The van der Waals surface area contributed by atoms with E-state index < -0.39 is 5.60 Å². The summed E-state index contributed by atoms with van der Waals surface area (Å²) in [6, 6.07) is 0.281. The maximum absolute atomic E-state index is 10.0. The zero-order valence-electron chi connectivity index (χ0n) is 12.2. The lowest BCUT2D eigenvalue weighted by atomic mass is 9.84. The lowest BCUT2D eigenvalue weighted by molar-refractivity contribution is 0.00850. The van der Waals surface area contributed by atoms with Gasteiger partial charge >= 0.3 is 0 Å². The summed E-state index contributed by atoms with van der Waals surface area (Å²) in [6.07, 6.45) is 8.32. The lowest BCUT2D eigenvalue weighted by Crippen LogP contribution is -2.31. The number of aromatic nitrogens is 4. The van der Waals surface area contributed by atoms with Crippen molar-refractivity contribution in [2.75, 3.05) is 5.73 Å². The number of anilines is 1. The van der Waals surface area contributed by atoms with Crippen molar-refractivity contribution in [2.45, 2.75) is 44.2 Å². The van der Waals surface area contributed by atoms with Gasteiger partial charge in [-0.15, -0.1) is 0 Å². The minimum atomic E-state index is -0.552. The fourth-order valence-electron chi connectivity index (χ4n) is 2.61. The van der Waals surface area contributed by atoms with Gasteiger partial charge in [-0.25, -0.2) is 9.97 Å². The van der Waals surface area contributed by atoms with Crippen molar-refractivity contribution < 1.29 is 9.84 Å². The molecule has 8 heteroatoms. The molecule has 0 bridgehead atoms. The molecule has 1 aliphatic rings. The van der Waals surface area contributed by atoms with E-state index in [0.717, 1.165) is 25.7 Å². The maximum atomic E-state index is 10.0. The van der Waals surface area contributed by atoms with Crippen molar-refractivity contribution in [1.82, 2.24) is 19.7 Å². The summed E-state index contributed by atoms with van der Waals surface area (Å²) in [4.78, 5) is 8.12. The third kappa shape index (κ3) is 3.38. The van der Waals surface area contributed by atoms with Gasteiger partial charge < -0.3 is 15.6 Å². The Morgan fingerprint density at radius 1 is 1.41 bits per heavy atom. The van der Waals surface area contributed by atoms with Gasteiger partial charge in [0.25, 0.3) is 5.88 Å². The van der Waals surface area contributed by atoms with Crippen molar-refractivity contribution >= 4 is 21.7 Å². The molecule has 0 aromatic carbocycles. The Labute approximate surface area is 136 Å². The number of nitrogen functional groups attached to an aromatic ring is 1. The van der Waals surface area contributed by atoms with E-state index in [0.29, 0.717) is 10.4 Å². The van der Waals surface area contributed by atoms with Gasteiger partial charge in [-0.1, -0.05) is 0 Å².